The van der Waals surface area contributed by atoms with Crippen molar-refractivity contribution in [1.82, 2.24) is 5.32 Å². The normalized spacial score (nSPS) is 22.2. The number of likely N-dealkylation sites (N-methyl/N-ethyl adjacent to an activating group) is 1. The molecule has 0 bridgehead atoms. The van der Waals surface area contributed by atoms with Crippen LogP contribution in [0, 0.1) is 5.92 Å². The van der Waals surface area contributed by atoms with Crippen molar-refractivity contribution in [3.63, 3.8) is 0 Å². The monoisotopic (exact) mass is 171 g/mol. The molecule has 0 saturated heterocycles. The van der Waals surface area contributed by atoms with Crippen LogP contribution in [0.5, 0.6) is 0 Å². The minimum atomic E-state index is 0.414. The van der Waals surface area contributed by atoms with E-state index in [1.165, 1.54) is 12.8 Å². The summed E-state index contributed by atoms with van der Waals surface area (Å²) in [5, 5.41) is 3.52. The van der Waals surface area contributed by atoms with Crippen molar-refractivity contribution in [2.24, 2.45) is 5.92 Å². The average Bonchev–Trinajstić information content (AvgIpc) is 2.88. The van der Waals surface area contributed by atoms with Gasteiger partial charge in [-0.3, -0.25) is 0 Å². The second-order valence-corrected chi connectivity index (χ2v) is 3.60. The fourth-order valence-electron chi connectivity index (χ4n) is 1.86. The fourth-order valence-corrected chi connectivity index (χ4v) is 1.86. The number of hydrogen-bond acceptors (Lipinski definition) is 2. The maximum Gasteiger partial charge on any atom is 0.0724 e. The van der Waals surface area contributed by atoms with Gasteiger partial charge in [0, 0.05) is 13.2 Å². The van der Waals surface area contributed by atoms with Crippen molar-refractivity contribution >= 4 is 0 Å². The van der Waals surface area contributed by atoms with Gasteiger partial charge in [0.25, 0.3) is 0 Å². The van der Waals surface area contributed by atoms with E-state index in [0.29, 0.717) is 12.1 Å². The Morgan fingerprint density at radius 3 is 2.42 bits per heavy atom. The van der Waals surface area contributed by atoms with Crippen LogP contribution in [0.3, 0.4) is 0 Å². The van der Waals surface area contributed by atoms with E-state index in [0.717, 1.165) is 18.9 Å². The van der Waals surface area contributed by atoms with Crippen molar-refractivity contribution in [3.05, 3.63) is 0 Å². The molecule has 0 heterocycles. The smallest absolute Gasteiger partial charge is 0.0724 e. The molecular weight excluding hydrogens is 150 g/mol. The van der Waals surface area contributed by atoms with Crippen LogP contribution in [0.1, 0.15) is 33.1 Å². The molecule has 2 nitrogen and oxygen atoms in total. The van der Waals surface area contributed by atoms with Gasteiger partial charge in [0.05, 0.1) is 6.10 Å². The molecule has 0 aromatic heterocycles. The molecular formula is C10H21NO. The molecule has 12 heavy (non-hydrogen) atoms. The Bertz CT molecular complexity index is 119. The third kappa shape index (κ3) is 2.46. The van der Waals surface area contributed by atoms with Gasteiger partial charge in [-0.1, -0.05) is 13.8 Å². The molecule has 1 aliphatic rings. The first-order valence-corrected chi connectivity index (χ1v) is 5.09. The molecule has 0 spiro atoms. The van der Waals surface area contributed by atoms with Gasteiger partial charge in [0.1, 0.15) is 0 Å². The SMILES string of the molecule is CCNC(C1CC1)C(CC)OC. The van der Waals surface area contributed by atoms with Crippen molar-refractivity contribution < 1.29 is 4.74 Å². The summed E-state index contributed by atoms with van der Waals surface area (Å²) in [6.07, 6.45) is 4.30. The lowest BCUT2D eigenvalue weighted by molar-refractivity contribution is 0.0587. The first kappa shape index (κ1) is 10.0. The van der Waals surface area contributed by atoms with Crippen LogP contribution in [0.15, 0.2) is 0 Å². The van der Waals surface area contributed by atoms with Crippen molar-refractivity contribution in [2.75, 3.05) is 13.7 Å². The molecule has 2 heteroatoms. The van der Waals surface area contributed by atoms with Crippen LogP contribution in [0.2, 0.25) is 0 Å². The number of rotatable bonds is 6. The Hall–Kier alpha value is -0.0800. The summed E-state index contributed by atoms with van der Waals surface area (Å²) < 4.78 is 5.45. The highest BCUT2D eigenvalue weighted by atomic mass is 16.5. The van der Waals surface area contributed by atoms with Gasteiger partial charge in [0.2, 0.25) is 0 Å². The lowest BCUT2D eigenvalue weighted by Crippen LogP contribution is -2.42. The first-order chi connectivity index (χ1) is 5.83. The third-order valence-electron chi connectivity index (χ3n) is 2.68. The summed E-state index contributed by atoms with van der Waals surface area (Å²) in [4.78, 5) is 0. The van der Waals surface area contributed by atoms with Gasteiger partial charge in [-0.2, -0.15) is 0 Å². The van der Waals surface area contributed by atoms with Crippen LogP contribution in [-0.2, 0) is 4.74 Å². The molecule has 0 radical (unpaired) electrons. The van der Waals surface area contributed by atoms with E-state index in [4.69, 9.17) is 4.74 Å². The molecule has 1 saturated carbocycles. The number of hydrogen-bond donors (Lipinski definition) is 1. The van der Waals surface area contributed by atoms with Gasteiger partial charge >= 0.3 is 0 Å². The largest absolute Gasteiger partial charge is 0.380 e. The van der Waals surface area contributed by atoms with Gasteiger partial charge in [-0.05, 0) is 31.7 Å². The predicted octanol–water partition coefficient (Wildman–Crippen LogP) is 1.80. The minimum Gasteiger partial charge on any atom is -0.380 e. The topological polar surface area (TPSA) is 21.3 Å². The van der Waals surface area contributed by atoms with E-state index >= 15 is 0 Å². The molecule has 1 rings (SSSR count). The second kappa shape index (κ2) is 4.83. The highest BCUT2D eigenvalue weighted by molar-refractivity contribution is 4.90. The maximum atomic E-state index is 5.45. The molecule has 72 valence electrons. The van der Waals surface area contributed by atoms with Gasteiger partial charge in [0.15, 0.2) is 0 Å². The van der Waals surface area contributed by atoms with Gasteiger partial charge < -0.3 is 10.1 Å². The molecule has 2 unspecified atom stereocenters. The first-order valence-electron chi connectivity index (χ1n) is 5.09. The Morgan fingerprint density at radius 2 is 2.08 bits per heavy atom. The summed E-state index contributed by atoms with van der Waals surface area (Å²) in [5.74, 6) is 0.884. The summed E-state index contributed by atoms with van der Waals surface area (Å²) >= 11 is 0. The summed E-state index contributed by atoms with van der Waals surface area (Å²) in [5.41, 5.74) is 0. The highest BCUT2D eigenvalue weighted by Gasteiger charge is 2.35. The van der Waals surface area contributed by atoms with Crippen LogP contribution in [-0.4, -0.2) is 25.8 Å². The Balaban J connectivity index is 2.38. The van der Waals surface area contributed by atoms with E-state index in [1.807, 2.05) is 7.11 Å². The molecule has 0 amide bonds. The zero-order valence-electron chi connectivity index (χ0n) is 8.47. The van der Waals surface area contributed by atoms with Crippen molar-refractivity contribution in [1.29, 1.82) is 0 Å². The molecule has 1 N–H and O–H groups in total. The fraction of sp³-hybridized carbons (Fsp3) is 1.00. The van der Waals surface area contributed by atoms with Crippen LogP contribution >= 0.6 is 0 Å². The van der Waals surface area contributed by atoms with E-state index in [9.17, 15) is 0 Å². The summed E-state index contributed by atoms with van der Waals surface area (Å²) in [6, 6.07) is 0.602. The average molecular weight is 171 g/mol. The zero-order valence-corrected chi connectivity index (χ0v) is 8.47. The Labute approximate surface area is 75.7 Å². The summed E-state index contributed by atoms with van der Waals surface area (Å²) in [6.45, 7) is 5.42. The molecule has 2 atom stereocenters. The maximum absolute atomic E-state index is 5.45. The molecule has 0 aromatic rings. The van der Waals surface area contributed by atoms with E-state index < -0.39 is 0 Å². The van der Waals surface area contributed by atoms with Gasteiger partial charge in [-0.15, -0.1) is 0 Å². The standard InChI is InChI=1S/C10H21NO/c1-4-9(12-3)10(11-5-2)8-6-7-8/h8-11H,4-7H2,1-3H3. The van der Waals surface area contributed by atoms with Crippen molar-refractivity contribution in [2.45, 2.75) is 45.3 Å². The molecule has 0 aliphatic heterocycles. The Kier molecular flexibility index (Phi) is 4.02. The molecule has 1 aliphatic carbocycles. The summed E-state index contributed by atoms with van der Waals surface area (Å²) in [7, 11) is 1.82. The Morgan fingerprint density at radius 1 is 1.42 bits per heavy atom. The predicted molar refractivity (Wildman–Crippen MR) is 51.3 cm³/mol. The number of ether oxygens (including phenoxy) is 1. The van der Waals surface area contributed by atoms with E-state index in [2.05, 4.69) is 19.2 Å². The minimum absolute atomic E-state index is 0.414. The van der Waals surface area contributed by atoms with Crippen molar-refractivity contribution in [3.8, 4) is 0 Å². The van der Waals surface area contributed by atoms with E-state index in [-0.39, 0.29) is 0 Å². The number of nitrogens with one attached hydrogen (secondary N) is 1. The van der Waals surface area contributed by atoms with Crippen LogP contribution in [0.4, 0.5) is 0 Å². The number of methoxy groups -OCH3 is 1. The highest BCUT2D eigenvalue weighted by Crippen LogP contribution is 2.35. The zero-order chi connectivity index (χ0) is 8.97. The quantitative estimate of drug-likeness (QED) is 0.658. The second-order valence-electron chi connectivity index (χ2n) is 3.60. The van der Waals surface area contributed by atoms with Gasteiger partial charge in [-0.25, -0.2) is 0 Å². The van der Waals surface area contributed by atoms with Crippen LogP contribution in [0.25, 0.3) is 0 Å². The lowest BCUT2D eigenvalue weighted by atomic mass is 10.0. The molecule has 1 fully saturated rings. The van der Waals surface area contributed by atoms with Crippen LogP contribution < -0.4 is 5.32 Å². The molecule has 0 aromatic carbocycles. The lowest BCUT2D eigenvalue weighted by Gasteiger charge is -2.25. The van der Waals surface area contributed by atoms with E-state index in [1.54, 1.807) is 0 Å². The third-order valence-corrected chi connectivity index (χ3v) is 2.68.